The van der Waals surface area contributed by atoms with Gasteiger partial charge in [0.25, 0.3) is 0 Å². The molecule has 3 N–H and O–H groups in total. The molecule has 0 spiro atoms. The van der Waals surface area contributed by atoms with Crippen molar-refractivity contribution in [1.82, 2.24) is 20.3 Å². The zero-order chi connectivity index (χ0) is 21.4. The number of pyridine rings is 1. The number of phenols is 1. The molecule has 1 saturated heterocycles. The van der Waals surface area contributed by atoms with Gasteiger partial charge in [0.05, 0.1) is 23.8 Å². The second kappa shape index (κ2) is 7.69. The molecule has 6 heteroatoms. The number of phenolic OH excluding ortho intramolecular Hbond substituents is 1. The highest BCUT2D eigenvalue weighted by molar-refractivity contribution is 5.72. The van der Waals surface area contributed by atoms with Crippen molar-refractivity contribution < 1.29 is 5.11 Å². The summed E-state index contributed by atoms with van der Waals surface area (Å²) in [4.78, 5) is 13.4. The van der Waals surface area contributed by atoms with E-state index in [0.717, 1.165) is 29.9 Å². The Morgan fingerprint density at radius 2 is 1.70 bits per heavy atom. The van der Waals surface area contributed by atoms with Crippen LogP contribution in [-0.4, -0.2) is 37.2 Å². The smallest absolute Gasteiger partial charge is 0.144 e. The van der Waals surface area contributed by atoms with E-state index in [4.69, 9.17) is 0 Å². The van der Waals surface area contributed by atoms with Gasteiger partial charge in [0.2, 0.25) is 0 Å². The third-order valence-electron chi connectivity index (χ3n) is 5.43. The lowest BCUT2D eigenvalue weighted by Gasteiger charge is -2.46. The van der Waals surface area contributed by atoms with Gasteiger partial charge in [0.15, 0.2) is 0 Å². The minimum Gasteiger partial charge on any atom is -0.507 e. The van der Waals surface area contributed by atoms with Crippen molar-refractivity contribution >= 4 is 5.82 Å². The van der Waals surface area contributed by atoms with Crippen molar-refractivity contribution in [3.63, 3.8) is 0 Å². The van der Waals surface area contributed by atoms with Crippen molar-refractivity contribution in [2.24, 2.45) is 0 Å². The highest BCUT2D eigenvalue weighted by Crippen LogP contribution is 2.33. The average molecular weight is 404 g/mol. The van der Waals surface area contributed by atoms with Crippen LogP contribution in [0.15, 0.2) is 55.0 Å². The summed E-state index contributed by atoms with van der Waals surface area (Å²) < 4.78 is 0. The fourth-order valence-corrected chi connectivity index (χ4v) is 4.62. The molecule has 1 aromatic carbocycles. The Morgan fingerprint density at radius 3 is 2.30 bits per heavy atom. The Balaban J connectivity index is 1.50. The third-order valence-corrected chi connectivity index (χ3v) is 5.43. The number of nitrogens with one attached hydrogen (secondary N) is 2. The number of piperidine rings is 1. The lowest BCUT2D eigenvalue weighted by molar-refractivity contribution is 0.170. The number of aromatic nitrogens is 3. The number of anilines is 1. The monoisotopic (exact) mass is 403 g/mol. The third kappa shape index (κ3) is 4.60. The minimum absolute atomic E-state index is 0.0634. The van der Waals surface area contributed by atoms with E-state index in [1.165, 1.54) is 0 Å². The molecule has 0 radical (unpaired) electrons. The standard InChI is InChI=1S/C24H29N5O/c1-23(2)12-17(13-24(3,4)29-23)28-22-15-26-20(14-27-22)18-9-8-16(11-21(18)30)19-7-5-6-10-25-19/h5-11,14-15,17,29-30H,12-13H2,1-4H3,(H,27,28). The summed E-state index contributed by atoms with van der Waals surface area (Å²) in [6.45, 7) is 8.92. The Hall–Kier alpha value is -2.99. The molecule has 156 valence electrons. The molecule has 0 unspecified atom stereocenters. The van der Waals surface area contributed by atoms with Gasteiger partial charge in [0, 0.05) is 34.4 Å². The number of hydrogen-bond donors (Lipinski definition) is 3. The molecule has 30 heavy (non-hydrogen) atoms. The van der Waals surface area contributed by atoms with E-state index in [-0.39, 0.29) is 16.8 Å². The molecule has 0 aliphatic carbocycles. The van der Waals surface area contributed by atoms with E-state index < -0.39 is 0 Å². The van der Waals surface area contributed by atoms with Crippen molar-refractivity contribution in [2.45, 2.75) is 57.7 Å². The molecular formula is C24H29N5O. The van der Waals surface area contributed by atoms with Gasteiger partial charge in [-0.1, -0.05) is 12.1 Å². The minimum atomic E-state index is 0.0634. The molecule has 0 saturated carbocycles. The summed E-state index contributed by atoms with van der Waals surface area (Å²) in [6, 6.07) is 11.5. The molecule has 0 atom stereocenters. The second-order valence-electron chi connectivity index (χ2n) is 9.38. The molecule has 3 aromatic rings. The van der Waals surface area contributed by atoms with E-state index in [9.17, 15) is 5.11 Å². The van der Waals surface area contributed by atoms with Crippen LogP contribution in [0.2, 0.25) is 0 Å². The zero-order valence-electron chi connectivity index (χ0n) is 18.0. The second-order valence-corrected chi connectivity index (χ2v) is 9.38. The van der Waals surface area contributed by atoms with Gasteiger partial charge in [0.1, 0.15) is 11.6 Å². The van der Waals surface area contributed by atoms with Crippen LogP contribution in [-0.2, 0) is 0 Å². The normalized spacial score (nSPS) is 18.1. The number of rotatable bonds is 4. The highest BCUT2D eigenvalue weighted by Gasteiger charge is 2.37. The van der Waals surface area contributed by atoms with E-state index in [1.54, 1.807) is 24.7 Å². The molecule has 0 amide bonds. The molecule has 6 nitrogen and oxygen atoms in total. The molecule has 1 fully saturated rings. The van der Waals surface area contributed by atoms with E-state index >= 15 is 0 Å². The van der Waals surface area contributed by atoms with Crippen molar-refractivity contribution in [1.29, 1.82) is 0 Å². The molecule has 2 aromatic heterocycles. The van der Waals surface area contributed by atoms with E-state index in [2.05, 4.69) is 53.3 Å². The molecule has 1 aliphatic heterocycles. The molecule has 1 aliphatic rings. The average Bonchev–Trinajstić information content (AvgIpc) is 2.67. The first-order valence-electron chi connectivity index (χ1n) is 10.3. The molecule has 3 heterocycles. The van der Waals surface area contributed by atoms with Crippen LogP contribution in [0.1, 0.15) is 40.5 Å². The summed E-state index contributed by atoms with van der Waals surface area (Å²) >= 11 is 0. The Kier molecular flexibility index (Phi) is 5.20. The van der Waals surface area contributed by atoms with Gasteiger partial charge in [-0.2, -0.15) is 0 Å². The van der Waals surface area contributed by atoms with Crippen LogP contribution in [0, 0.1) is 0 Å². The van der Waals surface area contributed by atoms with Gasteiger partial charge < -0.3 is 15.7 Å². The lowest BCUT2D eigenvalue weighted by Crippen LogP contribution is -2.60. The first-order chi connectivity index (χ1) is 14.2. The van der Waals surface area contributed by atoms with Crippen LogP contribution >= 0.6 is 0 Å². The summed E-state index contributed by atoms with van der Waals surface area (Å²) in [7, 11) is 0. The summed E-state index contributed by atoms with van der Waals surface area (Å²) in [5, 5.41) is 17.8. The first kappa shape index (κ1) is 20.3. The van der Waals surface area contributed by atoms with E-state index in [1.807, 2.05) is 30.3 Å². The topological polar surface area (TPSA) is 83.0 Å². The number of benzene rings is 1. The van der Waals surface area contributed by atoms with Gasteiger partial charge in [-0.15, -0.1) is 0 Å². The Labute approximate surface area is 177 Å². The van der Waals surface area contributed by atoms with Crippen LogP contribution in [0.4, 0.5) is 5.82 Å². The van der Waals surface area contributed by atoms with Crippen LogP contribution < -0.4 is 10.6 Å². The predicted octanol–water partition coefficient (Wildman–Crippen LogP) is 4.63. The first-order valence-corrected chi connectivity index (χ1v) is 10.3. The summed E-state index contributed by atoms with van der Waals surface area (Å²) in [5.74, 6) is 0.914. The van der Waals surface area contributed by atoms with Crippen molar-refractivity contribution in [3.8, 4) is 28.3 Å². The van der Waals surface area contributed by atoms with Crippen molar-refractivity contribution in [2.75, 3.05) is 5.32 Å². The van der Waals surface area contributed by atoms with Gasteiger partial charge in [-0.05, 0) is 64.8 Å². The zero-order valence-corrected chi connectivity index (χ0v) is 18.0. The maximum Gasteiger partial charge on any atom is 0.144 e. The number of aromatic hydroxyl groups is 1. The summed E-state index contributed by atoms with van der Waals surface area (Å²) in [5.41, 5.74) is 3.09. The van der Waals surface area contributed by atoms with Crippen LogP contribution in [0.3, 0.4) is 0 Å². The molecule has 0 bridgehead atoms. The van der Waals surface area contributed by atoms with E-state index in [0.29, 0.717) is 17.3 Å². The quantitative estimate of drug-likeness (QED) is 0.589. The fourth-order valence-electron chi connectivity index (χ4n) is 4.62. The number of nitrogens with zero attached hydrogens (tertiary/aromatic N) is 3. The largest absolute Gasteiger partial charge is 0.507 e. The molecular weight excluding hydrogens is 374 g/mol. The van der Waals surface area contributed by atoms with Crippen LogP contribution in [0.25, 0.3) is 22.5 Å². The van der Waals surface area contributed by atoms with Gasteiger partial charge >= 0.3 is 0 Å². The predicted molar refractivity (Wildman–Crippen MR) is 120 cm³/mol. The maximum atomic E-state index is 10.5. The number of hydrogen-bond acceptors (Lipinski definition) is 6. The fraction of sp³-hybridized carbons (Fsp3) is 0.375. The van der Waals surface area contributed by atoms with Crippen LogP contribution in [0.5, 0.6) is 5.75 Å². The lowest BCUT2D eigenvalue weighted by atomic mass is 9.79. The highest BCUT2D eigenvalue weighted by atomic mass is 16.3. The summed E-state index contributed by atoms with van der Waals surface area (Å²) in [6.07, 6.45) is 7.20. The Morgan fingerprint density at radius 1 is 0.933 bits per heavy atom. The SMILES string of the molecule is CC1(C)CC(Nc2cnc(-c3ccc(-c4ccccn4)cc3O)cn2)CC(C)(C)N1. The van der Waals surface area contributed by atoms with Gasteiger partial charge in [-0.25, -0.2) is 4.98 Å². The molecule has 4 rings (SSSR count). The Bertz CT molecular complexity index is 1000. The maximum absolute atomic E-state index is 10.5. The van der Waals surface area contributed by atoms with Crippen molar-refractivity contribution in [3.05, 3.63) is 55.0 Å². The van der Waals surface area contributed by atoms with Gasteiger partial charge in [-0.3, -0.25) is 9.97 Å².